The molecule has 0 spiro atoms. The maximum atomic E-state index is 5.33. The highest BCUT2D eigenvalue weighted by Gasteiger charge is 2.11. The molecule has 95 valence electrons. The maximum absolute atomic E-state index is 5.33. The van der Waals surface area contributed by atoms with Gasteiger partial charge in [-0.2, -0.15) is 0 Å². The van der Waals surface area contributed by atoms with Crippen LogP contribution in [0.1, 0.15) is 43.2 Å². The lowest BCUT2D eigenvalue weighted by Gasteiger charge is -2.15. The molecule has 1 fully saturated rings. The van der Waals surface area contributed by atoms with Gasteiger partial charge in [-0.05, 0) is 24.0 Å². The van der Waals surface area contributed by atoms with E-state index < -0.39 is 0 Å². The van der Waals surface area contributed by atoms with Gasteiger partial charge < -0.3 is 4.84 Å². The Kier molecular flexibility index (Phi) is 5.00. The van der Waals surface area contributed by atoms with Gasteiger partial charge in [-0.15, -0.1) is 0 Å². The van der Waals surface area contributed by atoms with Gasteiger partial charge in [0, 0.05) is 5.92 Å². The fourth-order valence-corrected chi connectivity index (χ4v) is 2.31. The first-order chi connectivity index (χ1) is 8.90. The van der Waals surface area contributed by atoms with Crippen LogP contribution >= 0.6 is 0 Å². The lowest BCUT2D eigenvalue weighted by molar-refractivity contribution is 0.130. The highest BCUT2D eigenvalue weighted by atomic mass is 16.6. The maximum Gasteiger partial charge on any atom is 0.142 e. The Morgan fingerprint density at radius 1 is 1.28 bits per heavy atom. The van der Waals surface area contributed by atoms with Crippen molar-refractivity contribution in [2.45, 2.75) is 38.7 Å². The quantitative estimate of drug-likeness (QED) is 0.557. The Labute approximate surface area is 109 Å². The van der Waals surface area contributed by atoms with Crippen LogP contribution in [0.2, 0.25) is 0 Å². The molecule has 1 aliphatic carbocycles. The zero-order valence-corrected chi connectivity index (χ0v) is 10.8. The minimum atomic E-state index is 0.488. The fraction of sp³-hybridized carbons (Fsp3) is 0.438. The van der Waals surface area contributed by atoms with E-state index in [4.69, 9.17) is 4.84 Å². The molecule has 0 heterocycles. The predicted octanol–water partition coefficient (Wildman–Crippen LogP) is 4.29. The summed E-state index contributed by atoms with van der Waals surface area (Å²) in [5, 5.41) is 3.98. The molecule has 2 rings (SSSR count). The van der Waals surface area contributed by atoms with Gasteiger partial charge in [0.15, 0.2) is 0 Å². The lowest BCUT2D eigenvalue weighted by atomic mass is 9.90. The molecule has 2 heteroatoms. The molecule has 0 bridgehead atoms. The second-order valence-electron chi connectivity index (χ2n) is 4.73. The van der Waals surface area contributed by atoms with Crippen LogP contribution < -0.4 is 0 Å². The predicted molar refractivity (Wildman–Crippen MR) is 75.3 cm³/mol. The van der Waals surface area contributed by atoms with Crippen LogP contribution in [0, 0.1) is 5.92 Å². The average molecular weight is 242 g/mol. The highest BCUT2D eigenvalue weighted by Crippen LogP contribution is 2.22. The molecule has 1 aromatic rings. The molecule has 1 aromatic carbocycles. The second-order valence-corrected chi connectivity index (χ2v) is 4.73. The first-order valence-corrected chi connectivity index (χ1v) is 6.68. The van der Waals surface area contributed by atoms with Gasteiger partial charge in [0.2, 0.25) is 0 Å². The Morgan fingerprint density at radius 2 is 2.06 bits per heavy atom. The van der Waals surface area contributed by atoms with Crippen molar-refractivity contribution in [2.24, 2.45) is 11.1 Å². The summed E-state index contributed by atoms with van der Waals surface area (Å²) in [5.41, 5.74) is 2.21. The molecule has 1 aliphatic rings. The van der Waals surface area contributed by atoms with Gasteiger partial charge in [-0.1, -0.05) is 61.3 Å². The van der Waals surface area contributed by atoms with Crippen LogP contribution in [0.3, 0.4) is 0 Å². The van der Waals surface area contributed by atoms with Crippen molar-refractivity contribution in [2.75, 3.05) is 0 Å². The van der Waals surface area contributed by atoms with Gasteiger partial charge in [-0.25, -0.2) is 0 Å². The first-order valence-electron chi connectivity index (χ1n) is 6.68. The average Bonchev–Trinajstić information content (AvgIpc) is 2.45. The van der Waals surface area contributed by atoms with Crippen LogP contribution in [0.25, 0.3) is 6.08 Å². The number of hydrogen-bond acceptors (Lipinski definition) is 2. The molecule has 0 unspecified atom stereocenters. The van der Waals surface area contributed by atoms with E-state index in [0.717, 1.165) is 11.1 Å². The SMILES string of the molecule is C=Cc1ccccc1CO/N=[C]\C1CCCCC1. The van der Waals surface area contributed by atoms with E-state index in [2.05, 4.69) is 17.9 Å². The molecule has 0 aliphatic heterocycles. The minimum Gasteiger partial charge on any atom is -0.391 e. The number of hydrogen-bond donors (Lipinski definition) is 0. The summed E-state index contributed by atoms with van der Waals surface area (Å²) in [6.45, 7) is 4.28. The summed E-state index contributed by atoms with van der Waals surface area (Å²) in [5.74, 6) is 0.494. The van der Waals surface area contributed by atoms with Crippen LogP contribution in [0.4, 0.5) is 0 Å². The van der Waals surface area contributed by atoms with Crippen molar-refractivity contribution >= 4 is 12.3 Å². The summed E-state index contributed by atoms with van der Waals surface area (Å²) in [6.07, 6.45) is 11.3. The highest BCUT2D eigenvalue weighted by molar-refractivity contribution is 5.60. The molecular formula is C16H20NO. The van der Waals surface area contributed by atoms with Crippen molar-refractivity contribution in [3.8, 4) is 0 Å². The molecule has 18 heavy (non-hydrogen) atoms. The van der Waals surface area contributed by atoms with Crippen LogP contribution in [-0.4, -0.2) is 6.21 Å². The molecule has 2 nitrogen and oxygen atoms in total. The smallest absolute Gasteiger partial charge is 0.142 e. The molecule has 0 atom stereocenters. The third-order valence-corrected chi connectivity index (χ3v) is 3.40. The van der Waals surface area contributed by atoms with Gasteiger partial charge in [0.05, 0.1) is 0 Å². The number of benzene rings is 1. The molecule has 0 N–H and O–H groups in total. The van der Waals surface area contributed by atoms with Gasteiger partial charge in [0.25, 0.3) is 0 Å². The van der Waals surface area contributed by atoms with E-state index in [0.29, 0.717) is 12.5 Å². The van der Waals surface area contributed by atoms with Gasteiger partial charge in [0.1, 0.15) is 12.8 Å². The Morgan fingerprint density at radius 3 is 2.83 bits per heavy atom. The van der Waals surface area contributed by atoms with E-state index in [9.17, 15) is 0 Å². The third kappa shape index (κ3) is 3.73. The van der Waals surface area contributed by atoms with Crippen LogP contribution in [0.5, 0.6) is 0 Å². The summed E-state index contributed by atoms with van der Waals surface area (Å²) in [7, 11) is 0. The van der Waals surface area contributed by atoms with Gasteiger partial charge in [-0.3, -0.25) is 0 Å². The molecule has 0 amide bonds. The number of nitrogens with zero attached hydrogens (tertiary/aromatic N) is 1. The summed E-state index contributed by atoms with van der Waals surface area (Å²) < 4.78 is 0. The standard InChI is InChI=1S/C16H20NO/c1-2-15-10-6-7-11-16(15)13-18-17-12-14-8-4-3-5-9-14/h2,6-7,10-11,14H,1,3-5,8-9,13H2. The summed E-state index contributed by atoms with van der Waals surface area (Å²) >= 11 is 0. The largest absolute Gasteiger partial charge is 0.391 e. The van der Waals surface area contributed by atoms with E-state index in [-0.39, 0.29) is 0 Å². The van der Waals surface area contributed by atoms with Crippen molar-refractivity contribution in [1.82, 2.24) is 0 Å². The van der Waals surface area contributed by atoms with E-state index in [1.165, 1.54) is 32.1 Å². The second kappa shape index (κ2) is 7.00. The number of rotatable bonds is 5. The zero-order chi connectivity index (χ0) is 12.6. The van der Waals surface area contributed by atoms with E-state index in [1.807, 2.05) is 30.3 Å². The van der Waals surface area contributed by atoms with E-state index in [1.54, 1.807) is 0 Å². The van der Waals surface area contributed by atoms with Crippen molar-refractivity contribution in [3.05, 3.63) is 42.0 Å². The zero-order valence-electron chi connectivity index (χ0n) is 10.8. The first kappa shape index (κ1) is 12.9. The van der Waals surface area contributed by atoms with Crippen LogP contribution in [0.15, 0.2) is 36.0 Å². The summed E-state index contributed by atoms with van der Waals surface area (Å²) in [4.78, 5) is 5.33. The lowest BCUT2D eigenvalue weighted by Crippen LogP contribution is -2.07. The molecule has 1 radical (unpaired) electrons. The van der Waals surface area contributed by atoms with Gasteiger partial charge >= 0.3 is 0 Å². The fourth-order valence-electron chi connectivity index (χ4n) is 2.31. The van der Waals surface area contributed by atoms with Crippen LogP contribution in [-0.2, 0) is 11.4 Å². The topological polar surface area (TPSA) is 21.6 Å². The molecule has 0 saturated heterocycles. The normalized spacial score (nSPS) is 16.9. The van der Waals surface area contributed by atoms with Crippen molar-refractivity contribution in [3.63, 3.8) is 0 Å². The monoisotopic (exact) mass is 242 g/mol. The van der Waals surface area contributed by atoms with Crippen molar-refractivity contribution in [1.29, 1.82) is 0 Å². The van der Waals surface area contributed by atoms with E-state index >= 15 is 0 Å². The Bertz CT molecular complexity index is 405. The molecular weight excluding hydrogens is 222 g/mol. The Hall–Kier alpha value is -1.57. The summed E-state index contributed by atoms with van der Waals surface area (Å²) in [6, 6.07) is 8.06. The van der Waals surface area contributed by atoms with Crippen molar-refractivity contribution < 1.29 is 4.84 Å². The third-order valence-electron chi connectivity index (χ3n) is 3.40. The Balaban J connectivity index is 1.80. The minimum absolute atomic E-state index is 0.488. The molecule has 0 aromatic heterocycles. The molecule has 1 saturated carbocycles.